The number of hydrogen-bond donors (Lipinski definition) is 2. The Balaban J connectivity index is 1.69. The summed E-state index contributed by atoms with van der Waals surface area (Å²) >= 11 is 2.57. The number of carbonyl (C=O) groups excluding carboxylic acids is 2. The number of thioether (sulfide) groups is 1. The number of halogens is 1. The van der Waals surface area contributed by atoms with E-state index in [1.54, 1.807) is 29.3 Å². The molecule has 0 fully saturated rings. The SMILES string of the molecule is CC(C)C(NC(=O)c1ccccc1F)c1nnc(SCC(=O)Nc2nccs2)n1C. The molecule has 8 nitrogen and oxygen atoms in total. The van der Waals surface area contributed by atoms with Crippen molar-refractivity contribution >= 4 is 40.0 Å². The van der Waals surface area contributed by atoms with E-state index < -0.39 is 17.8 Å². The minimum absolute atomic E-state index is 0.0188. The van der Waals surface area contributed by atoms with Crippen molar-refractivity contribution in [3.63, 3.8) is 0 Å². The third kappa shape index (κ3) is 5.22. The van der Waals surface area contributed by atoms with Crippen LogP contribution in [-0.4, -0.2) is 37.3 Å². The van der Waals surface area contributed by atoms with Crippen LogP contribution in [0.2, 0.25) is 0 Å². The average molecular weight is 449 g/mol. The van der Waals surface area contributed by atoms with Gasteiger partial charge < -0.3 is 15.2 Å². The number of amides is 2. The van der Waals surface area contributed by atoms with E-state index in [0.717, 1.165) is 0 Å². The summed E-state index contributed by atoms with van der Waals surface area (Å²) in [4.78, 5) is 28.6. The van der Waals surface area contributed by atoms with Crippen LogP contribution in [0.4, 0.5) is 9.52 Å². The number of hydrogen-bond acceptors (Lipinski definition) is 7. The van der Waals surface area contributed by atoms with E-state index in [0.29, 0.717) is 16.1 Å². The maximum Gasteiger partial charge on any atom is 0.254 e. The highest BCUT2D eigenvalue weighted by atomic mass is 32.2. The first-order valence-corrected chi connectivity index (χ1v) is 11.0. The molecule has 1 aromatic carbocycles. The molecule has 1 unspecified atom stereocenters. The Morgan fingerprint density at radius 2 is 2.03 bits per heavy atom. The summed E-state index contributed by atoms with van der Waals surface area (Å²) in [5, 5.41) is 16.7. The van der Waals surface area contributed by atoms with Crippen molar-refractivity contribution in [1.29, 1.82) is 0 Å². The van der Waals surface area contributed by atoms with Crippen molar-refractivity contribution in [3.05, 3.63) is 53.0 Å². The number of thiazole rings is 1. The molecule has 0 aliphatic carbocycles. The Bertz CT molecular complexity index is 1020. The maximum absolute atomic E-state index is 14.0. The summed E-state index contributed by atoms with van der Waals surface area (Å²) in [5.41, 5.74) is -0.0289. The molecule has 30 heavy (non-hydrogen) atoms. The zero-order valence-electron chi connectivity index (χ0n) is 16.6. The molecule has 0 radical (unpaired) electrons. The van der Waals surface area contributed by atoms with Crippen LogP contribution >= 0.6 is 23.1 Å². The van der Waals surface area contributed by atoms with Gasteiger partial charge in [0.1, 0.15) is 5.82 Å². The lowest BCUT2D eigenvalue weighted by molar-refractivity contribution is -0.113. The topological polar surface area (TPSA) is 102 Å². The number of benzene rings is 1. The molecule has 0 spiro atoms. The van der Waals surface area contributed by atoms with Gasteiger partial charge in [0, 0.05) is 18.6 Å². The minimum atomic E-state index is -0.585. The Labute approximate surface area is 181 Å². The van der Waals surface area contributed by atoms with Crippen molar-refractivity contribution < 1.29 is 14.0 Å². The third-order valence-electron chi connectivity index (χ3n) is 4.23. The van der Waals surface area contributed by atoms with Gasteiger partial charge in [-0.15, -0.1) is 21.5 Å². The van der Waals surface area contributed by atoms with E-state index in [2.05, 4.69) is 25.8 Å². The molecule has 0 saturated carbocycles. The summed E-state index contributed by atoms with van der Waals surface area (Å²) in [6.45, 7) is 3.85. The van der Waals surface area contributed by atoms with Crippen LogP contribution in [0.3, 0.4) is 0 Å². The van der Waals surface area contributed by atoms with Crippen molar-refractivity contribution in [2.75, 3.05) is 11.1 Å². The molecule has 0 aliphatic rings. The second-order valence-electron chi connectivity index (χ2n) is 6.75. The Morgan fingerprint density at radius 3 is 2.70 bits per heavy atom. The van der Waals surface area contributed by atoms with Crippen molar-refractivity contribution in [2.45, 2.75) is 25.0 Å². The van der Waals surface area contributed by atoms with Crippen LogP contribution in [0.5, 0.6) is 0 Å². The van der Waals surface area contributed by atoms with E-state index in [1.165, 1.54) is 41.3 Å². The zero-order valence-corrected chi connectivity index (χ0v) is 18.3. The normalized spacial score (nSPS) is 12.0. The lowest BCUT2D eigenvalue weighted by Crippen LogP contribution is -2.34. The van der Waals surface area contributed by atoms with Gasteiger partial charge in [-0.05, 0) is 18.1 Å². The number of anilines is 1. The second-order valence-corrected chi connectivity index (χ2v) is 8.59. The van der Waals surface area contributed by atoms with Gasteiger partial charge in [-0.25, -0.2) is 9.37 Å². The van der Waals surface area contributed by atoms with Gasteiger partial charge >= 0.3 is 0 Å². The Hall–Kier alpha value is -2.79. The maximum atomic E-state index is 14.0. The molecule has 2 amide bonds. The Morgan fingerprint density at radius 1 is 1.27 bits per heavy atom. The van der Waals surface area contributed by atoms with E-state index in [-0.39, 0.29) is 23.1 Å². The minimum Gasteiger partial charge on any atom is -0.342 e. The smallest absolute Gasteiger partial charge is 0.254 e. The first-order valence-electron chi connectivity index (χ1n) is 9.13. The third-order valence-corrected chi connectivity index (χ3v) is 5.94. The van der Waals surface area contributed by atoms with Crippen LogP contribution < -0.4 is 10.6 Å². The molecule has 2 N–H and O–H groups in total. The number of rotatable bonds is 8. The molecule has 3 aromatic rings. The van der Waals surface area contributed by atoms with Crippen LogP contribution in [0, 0.1) is 11.7 Å². The van der Waals surface area contributed by atoms with Crippen LogP contribution in [0.15, 0.2) is 41.0 Å². The molecule has 158 valence electrons. The average Bonchev–Trinajstić information content (AvgIpc) is 3.34. The Kier molecular flexibility index (Phi) is 7.16. The molecule has 11 heteroatoms. The van der Waals surface area contributed by atoms with Gasteiger partial charge in [0.05, 0.1) is 17.4 Å². The van der Waals surface area contributed by atoms with Crippen LogP contribution in [-0.2, 0) is 11.8 Å². The molecule has 0 bridgehead atoms. The lowest BCUT2D eigenvalue weighted by atomic mass is 10.0. The number of nitrogens with zero attached hydrogens (tertiary/aromatic N) is 4. The van der Waals surface area contributed by atoms with Crippen molar-refractivity contribution in [3.8, 4) is 0 Å². The lowest BCUT2D eigenvalue weighted by Gasteiger charge is -2.21. The molecule has 3 rings (SSSR count). The first-order chi connectivity index (χ1) is 14.4. The molecular weight excluding hydrogens is 427 g/mol. The second kappa shape index (κ2) is 9.81. The van der Waals surface area contributed by atoms with E-state index in [4.69, 9.17) is 0 Å². The molecular formula is C19H21FN6O2S2. The number of aromatic nitrogens is 4. The molecule has 0 saturated heterocycles. The zero-order chi connectivity index (χ0) is 21.7. The monoisotopic (exact) mass is 448 g/mol. The highest BCUT2D eigenvalue weighted by Gasteiger charge is 2.26. The van der Waals surface area contributed by atoms with Gasteiger partial charge in [0.25, 0.3) is 5.91 Å². The summed E-state index contributed by atoms with van der Waals surface area (Å²) in [5.74, 6) is -0.663. The highest BCUT2D eigenvalue weighted by molar-refractivity contribution is 7.99. The highest BCUT2D eigenvalue weighted by Crippen LogP contribution is 2.25. The van der Waals surface area contributed by atoms with Crippen LogP contribution in [0.25, 0.3) is 0 Å². The summed E-state index contributed by atoms with van der Waals surface area (Å²) in [6, 6.07) is 5.33. The predicted octanol–water partition coefficient (Wildman–Crippen LogP) is 3.27. The number of carbonyl (C=O) groups is 2. The fourth-order valence-electron chi connectivity index (χ4n) is 2.69. The van der Waals surface area contributed by atoms with Gasteiger partial charge in [-0.1, -0.05) is 37.7 Å². The molecule has 1 atom stereocenters. The quantitative estimate of drug-likeness (QED) is 0.513. The summed E-state index contributed by atoms with van der Waals surface area (Å²) in [7, 11) is 1.76. The van der Waals surface area contributed by atoms with E-state index >= 15 is 0 Å². The van der Waals surface area contributed by atoms with Crippen molar-refractivity contribution in [1.82, 2.24) is 25.1 Å². The summed E-state index contributed by atoms with van der Waals surface area (Å²) in [6.07, 6.45) is 1.62. The van der Waals surface area contributed by atoms with Crippen LogP contribution in [0.1, 0.15) is 36.1 Å². The standard InChI is InChI=1S/C19H21FN6O2S2/c1-11(2)15(23-17(28)12-6-4-5-7-13(12)20)16-24-25-19(26(16)3)30-10-14(27)22-18-21-8-9-29-18/h4-9,11,15H,10H2,1-3H3,(H,23,28)(H,21,22,27). The van der Waals surface area contributed by atoms with Gasteiger partial charge in [-0.2, -0.15) is 0 Å². The molecule has 0 aliphatic heterocycles. The fourth-order valence-corrected chi connectivity index (χ4v) is 3.95. The molecule has 2 aromatic heterocycles. The van der Waals surface area contributed by atoms with Gasteiger partial charge in [-0.3, -0.25) is 9.59 Å². The van der Waals surface area contributed by atoms with Gasteiger partial charge in [0.2, 0.25) is 5.91 Å². The fraction of sp³-hybridized carbons (Fsp3) is 0.316. The molecule has 2 heterocycles. The first kappa shape index (κ1) is 21.9. The summed E-state index contributed by atoms with van der Waals surface area (Å²) < 4.78 is 15.7. The van der Waals surface area contributed by atoms with Gasteiger partial charge in [0.15, 0.2) is 16.1 Å². The van der Waals surface area contributed by atoms with E-state index in [1.807, 2.05) is 13.8 Å². The van der Waals surface area contributed by atoms with Crippen molar-refractivity contribution in [2.24, 2.45) is 13.0 Å². The van der Waals surface area contributed by atoms with E-state index in [9.17, 15) is 14.0 Å². The number of nitrogens with one attached hydrogen (secondary N) is 2. The predicted molar refractivity (Wildman–Crippen MR) is 114 cm³/mol. The largest absolute Gasteiger partial charge is 0.342 e.